The number of nitrogens with zero attached hydrogens (tertiary/aromatic N) is 1. The highest BCUT2D eigenvalue weighted by atomic mass is 16.3. The van der Waals surface area contributed by atoms with Gasteiger partial charge in [-0.05, 0) is 11.1 Å². The molecule has 6 heteroatoms. The van der Waals surface area contributed by atoms with Crippen LogP contribution in [0.1, 0.15) is 17.0 Å². The summed E-state index contributed by atoms with van der Waals surface area (Å²) in [6.45, 7) is 1.17. The van der Waals surface area contributed by atoms with Gasteiger partial charge in [0.25, 0.3) is 0 Å². The molecule has 0 heterocycles. The summed E-state index contributed by atoms with van der Waals surface area (Å²) in [5.74, 6) is 0.370. The number of aliphatic hydroxyl groups is 1. The van der Waals surface area contributed by atoms with Crippen LogP contribution in [-0.4, -0.2) is 43.7 Å². The highest BCUT2D eigenvalue weighted by molar-refractivity contribution is 5.86. The van der Waals surface area contributed by atoms with Crippen LogP contribution in [0.25, 0.3) is 0 Å². The summed E-state index contributed by atoms with van der Waals surface area (Å²) in [4.78, 5) is 16.1. The van der Waals surface area contributed by atoms with Crippen LogP contribution in [0.15, 0.2) is 65.7 Å². The molecule has 0 saturated heterocycles. The molecule has 0 aliphatic heterocycles. The number of hydrogen-bond acceptors (Lipinski definition) is 3. The molecular formula is C20H26N4O2. The first-order valence-electron chi connectivity index (χ1n) is 8.64. The van der Waals surface area contributed by atoms with Gasteiger partial charge in [0.1, 0.15) is 0 Å². The average molecular weight is 354 g/mol. The van der Waals surface area contributed by atoms with Crippen LogP contribution in [0.3, 0.4) is 0 Å². The number of rotatable bonds is 8. The minimum atomic E-state index is -0.112. The van der Waals surface area contributed by atoms with Crippen molar-refractivity contribution in [2.45, 2.75) is 12.5 Å². The molecule has 0 spiro atoms. The molecular weight excluding hydrogens is 328 g/mol. The number of carbonyl (C=O) groups excluding carboxylic acids is 1. The molecule has 6 nitrogen and oxygen atoms in total. The van der Waals surface area contributed by atoms with Crippen molar-refractivity contribution in [2.24, 2.45) is 4.99 Å². The predicted molar refractivity (Wildman–Crippen MR) is 104 cm³/mol. The molecule has 0 aliphatic carbocycles. The van der Waals surface area contributed by atoms with Crippen molar-refractivity contribution in [1.29, 1.82) is 0 Å². The Morgan fingerprint density at radius 2 is 1.65 bits per heavy atom. The third-order valence-corrected chi connectivity index (χ3v) is 3.98. The maximum absolute atomic E-state index is 12.0. The summed E-state index contributed by atoms with van der Waals surface area (Å²) in [6, 6.07) is 19.6. The number of guanidine groups is 1. The highest BCUT2D eigenvalue weighted by Crippen LogP contribution is 2.13. The average Bonchev–Trinajstić information content (AvgIpc) is 2.70. The monoisotopic (exact) mass is 354 g/mol. The number of hydrogen-bond donors (Lipinski definition) is 4. The fourth-order valence-electron chi connectivity index (χ4n) is 2.48. The zero-order chi connectivity index (χ0) is 18.6. The van der Waals surface area contributed by atoms with Crippen LogP contribution >= 0.6 is 0 Å². The Balaban J connectivity index is 1.74. The van der Waals surface area contributed by atoms with Crippen LogP contribution in [0, 0.1) is 0 Å². The van der Waals surface area contributed by atoms with Crippen molar-refractivity contribution in [2.75, 3.05) is 26.7 Å². The molecule has 4 N–H and O–H groups in total. The fraction of sp³-hybridized carbons (Fsp3) is 0.300. The molecule has 0 fully saturated rings. The molecule has 0 radical (unpaired) electrons. The van der Waals surface area contributed by atoms with Crippen molar-refractivity contribution in [3.63, 3.8) is 0 Å². The lowest BCUT2D eigenvalue weighted by Crippen LogP contribution is -2.44. The molecule has 2 rings (SSSR count). The van der Waals surface area contributed by atoms with E-state index in [1.165, 1.54) is 0 Å². The Bertz CT molecular complexity index is 689. The van der Waals surface area contributed by atoms with E-state index >= 15 is 0 Å². The molecule has 26 heavy (non-hydrogen) atoms. The van der Waals surface area contributed by atoms with E-state index in [2.05, 4.69) is 20.9 Å². The Labute approximate surface area is 154 Å². The first kappa shape index (κ1) is 19.5. The Kier molecular flexibility index (Phi) is 8.15. The van der Waals surface area contributed by atoms with Crippen molar-refractivity contribution in [1.82, 2.24) is 16.0 Å². The zero-order valence-corrected chi connectivity index (χ0v) is 15.0. The number of amides is 1. The summed E-state index contributed by atoms with van der Waals surface area (Å²) in [6.07, 6.45) is 0. The minimum absolute atomic E-state index is 0.0333. The van der Waals surface area contributed by atoms with Gasteiger partial charge in [-0.3, -0.25) is 9.79 Å². The van der Waals surface area contributed by atoms with Crippen LogP contribution in [-0.2, 0) is 11.3 Å². The van der Waals surface area contributed by atoms with Gasteiger partial charge in [-0.2, -0.15) is 0 Å². The third kappa shape index (κ3) is 6.57. The third-order valence-electron chi connectivity index (χ3n) is 3.98. The van der Waals surface area contributed by atoms with Gasteiger partial charge in [0.2, 0.25) is 5.91 Å². The lowest BCUT2D eigenvalue weighted by atomic mass is 10.0. The van der Waals surface area contributed by atoms with E-state index in [4.69, 9.17) is 0 Å². The van der Waals surface area contributed by atoms with Crippen LogP contribution < -0.4 is 16.0 Å². The Morgan fingerprint density at radius 1 is 1.00 bits per heavy atom. The Hall–Kier alpha value is -2.86. The first-order chi connectivity index (χ1) is 12.7. The van der Waals surface area contributed by atoms with Crippen molar-refractivity contribution >= 4 is 11.9 Å². The molecule has 2 aromatic carbocycles. The van der Waals surface area contributed by atoms with E-state index in [9.17, 15) is 9.90 Å². The van der Waals surface area contributed by atoms with Gasteiger partial charge in [0, 0.05) is 26.1 Å². The van der Waals surface area contributed by atoms with Crippen LogP contribution in [0.2, 0.25) is 0 Å². The zero-order valence-electron chi connectivity index (χ0n) is 15.0. The lowest BCUT2D eigenvalue weighted by molar-refractivity contribution is -0.120. The van der Waals surface area contributed by atoms with Gasteiger partial charge >= 0.3 is 0 Å². The van der Waals surface area contributed by atoms with E-state index in [1.54, 1.807) is 7.05 Å². The molecule has 138 valence electrons. The number of carbonyl (C=O) groups is 1. The second kappa shape index (κ2) is 10.9. The molecule has 0 saturated carbocycles. The molecule has 0 aliphatic rings. The van der Waals surface area contributed by atoms with Crippen molar-refractivity contribution < 1.29 is 9.90 Å². The molecule has 1 amide bonds. The van der Waals surface area contributed by atoms with E-state index in [0.717, 1.165) is 11.1 Å². The van der Waals surface area contributed by atoms with Crippen molar-refractivity contribution in [3.8, 4) is 0 Å². The highest BCUT2D eigenvalue weighted by Gasteiger charge is 2.11. The number of aliphatic imine (C=N–C) groups is 1. The quantitative estimate of drug-likeness (QED) is 0.424. The van der Waals surface area contributed by atoms with Crippen LogP contribution in [0.5, 0.6) is 0 Å². The fourth-order valence-corrected chi connectivity index (χ4v) is 2.48. The molecule has 0 bridgehead atoms. The molecule has 1 unspecified atom stereocenters. The maximum Gasteiger partial charge on any atom is 0.239 e. The van der Waals surface area contributed by atoms with Crippen LogP contribution in [0.4, 0.5) is 0 Å². The second-order valence-electron chi connectivity index (χ2n) is 5.86. The maximum atomic E-state index is 12.0. The summed E-state index contributed by atoms with van der Waals surface area (Å²) < 4.78 is 0. The molecule has 0 aromatic heterocycles. The standard InChI is InChI=1S/C20H26N4O2/c1-21-20(23-13-18(15-25)17-10-6-3-7-11-17)24-14-19(26)22-12-16-8-4-2-5-9-16/h2-11,18,25H,12-15H2,1H3,(H,22,26)(H2,21,23,24). The summed E-state index contributed by atoms with van der Waals surface area (Å²) in [5.41, 5.74) is 2.11. The normalized spacial score (nSPS) is 12.3. The SMILES string of the molecule is CN=C(NCC(=O)NCc1ccccc1)NCC(CO)c1ccccc1. The summed E-state index contributed by atoms with van der Waals surface area (Å²) in [5, 5.41) is 18.6. The van der Waals surface area contributed by atoms with E-state index in [0.29, 0.717) is 19.0 Å². The summed E-state index contributed by atoms with van der Waals surface area (Å²) >= 11 is 0. The van der Waals surface area contributed by atoms with Gasteiger partial charge in [0.05, 0.1) is 13.2 Å². The van der Waals surface area contributed by atoms with E-state index in [1.807, 2.05) is 60.7 Å². The number of benzene rings is 2. The lowest BCUT2D eigenvalue weighted by Gasteiger charge is -2.18. The molecule has 1 atom stereocenters. The van der Waals surface area contributed by atoms with Gasteiger partial charge in [-0.15, -0.1) is 0 Å². The van der Waals surface area contributed by atoms with Gasteiger partial charge < -0.3 is 21.1 Å². The molecule has 2 aromatic rings. The topological polar surface area (TPSA) is 85.8 Å². The summed E-state index contributed by atoms with van der Waals surface area (Å²) in [7, 11) is 1.65. The van der Waals surface area contributed by atoms with Gasteiger partial charge in [-0.1, -0.05) is 60.7 Å². The van der Waals surface area contributed by atoms with Crippen molar-refractivity contribution in [3.05, 3.63) is 71.8 Å². The second-order valence-corrected chi connectivity index (χ2v) is 5.86. The van der Waals surface area contributed by atoms with Gasteiger partial charge in [0.15, 0.2) is 5.96 Å². The Morgan fingerprint density at radius 3 is 2.27 bits per heavy atom. The first-order valence-corrected chi connectivity index (χ1v) is 8.64. The number of aliphatic hydroxyl groups excluding tert-OH is 1. The largest absolute Gasteiger partial charge is 0.396 e. The number of nitrogens with one attached hydrogen (secondary N) is 3. The predicted octanol–water partition coefficient (Wildman–Crippen LogP) is 1.24. The van der Waals surface area contributed by atoms with E-state index < -0.39 is 0 Å². The van der Waals surface area contributed by atoms with Gasteiger partial charge in [-0.25, -0.2) is 0 Å². The smallest absolute Gasteiger partial charge is 0.239 e. The van der Waals surface area contributed by atoms with E-state index in [-0.39, 0.29) is 25.0 Å². The minimum Gasteiger partial charge on any atom is -0.396 e.